The zero-order chi connectivity index (χ0) is 20.8. The Bertz CT molecular complexity index is 1140. The number of hydrogen-bond acceptors (Lipinski definition) is 3. The molecule has 4 aromatic rings. The molecule has 3 aromatic carbocycles. The maximum atomic E-state index is 12.9. The molecule has 1 heterocycles. The van der Waals surface area contributed by atoms with Crippen LogP contribution < -0.4 is 10.1 Å². The molecule has 1 amide bonds. The Morgan fingerprint density at radius 1 is 0.967 bits per heavy atom. The van der Waals surface area contributed by atoms with E-state index in [-0.39, 0.29) is 5.91 Å². The molecule has 0 aliphatic heterocycles. The number of ether oxygens (including phenoxy) is 1. The standard InChI is InChI=1S/C25H23N3O2/c1-19-26-15-16-28(19)23-13-7-5-11-21(23)17-27-25(29)22-12-6-8-14-24(22)30-18-20-9-3-2-4-10-20/h2-16H,17-18H2,1H3,(H,27,29). The average Bonchev–Trinajstić information content (AvgIpc) is 3.23. The molecule has 0 aliphatic rings. The van der Waals surface area contributed by atoms with Crippen LogP contribution in [0.2, 0.25) is 0 Å². The van der Waals surface area contributed by atoms with Gasteiger partial charge in [0.25, 0.3) is 5.91 Å². The van der Waals surface area contributed by atoms with Gasteiger partial charge in [-0.25, -0.2) is 4.98 Å². The predicted octanol–water partition coefficient (Wildman–Crippen LogP) is 4.69. The smallest absolute Gasteiger partial charge is 0.255 e. The first kappa shape index (κ1) is 19.5. The van der Waals surface area contributed by atoms with Crippen LogP contribution >= 0.6 is 0 Å². The molecule has 0 fully saturated rings. The van der Waals surface area contributed by atoms with E-state index < -0.39 is 0 Å². The monoisotopic (exact) mass is 397 g/mol. The molecule has 0 atom stereocenters. The van der Waals surface area contributed by atoms with Gasteiger partial charge in [0.2, 0.25) is 0 Å². The molecular weight excluding hydrogens is 374 g/mol. The number of benzene rings is 3. The van der Waals surface area contributed by atoms with Gasteiger partial charge in [0, 0.05) is 18.9 Å². The van der Waals surface area contributed by atoms with Crippen molar-refractivity contribution in [2.75, 3.05) is 0 Å². The van der Waals surface area contributed by atoms with E-state index in [9.17, 15) is 4.79 Å². The average molecular weight is 397 g/mol. The normalized spacial score (nSPS) is 10.6. The van der Waals surface area contributed by atoms with E-state index in [0.29, 0.717) is 24.5 Å². The van der Waals surface area contributed by atoms with E-state index in [2.05, 4.69) is 10.3 Å². The number of carbonyl (C=O) groups is 1. The Kier molecular flexibility index (Phi) is 5.90. The Morgan fingerprint density at radius 2 is 1.70 bits per heavy atom. The molecule has 0 bridgehead atoms. The third-order valence-electron chi connectivity index (χ3n) is 4.89. The van der Waals surface area contributed by atoms with Crippen molar-refractivity contribution in [1.82, 2.24) is 14.9 Å². The molecule has 5 nitrogen and oxygen atoms in total. The number of hydrogen-bond donors (Lipinski definition) is 1. The first-order chi connectivity index (χ1) is 14.7. The number of para-hydroxylation sites is 2. The van der Waals surface area contributed by atoms with Crippen molar-refractivity contribution in [3.8, 4) is 11.4 Å². The number of imidazole rings is 1. The maximum absolute atomic E-state index is 12.9. The Labute approximate surface area is 176 Å². The predicted molar refractivity (Wildman–Crippen MR) is 117 cm³/mol. The molecule has 0 saturated heterocycles. The summed E-state index contributed by atoms with van der Waals surface area (Å²) < 4.78 is 7.93. The van der Waals surface area contributed by atoms with E-state index >= 15 is 0 Å². The van der Waals surface area contributed by atoms with Crippen molar-refractivity contribution in [2.24, 2.45) is 0 Å². The number of aryl methyl sites for hydroxylation is 1. The van der Waals surface area contributed by atoms with Gasteiger partial charge < -0.3 is 14.6 Å². The highest BCUT2D eigenvalue weighted by atomic mass is 16.5. The molecule has 5 heteroatoms. The molecule has 1 aromatic heterocycles. The summed E-state index contributed by atoms with van der Waals surface area (Å²) in [5, 5.41) is 3.02. The van der Waals surface area contributed by atoms with Gasteiger partial charge in [0.05, 0.1) is 11.3 Å². The maximum Gasteiger partial charge on any atom is 0.255 e. The number of rotatable bonds is 7. The van der Waals surface area contributed by atoms with Gasteiger partial charge in [-0.05, 0) is 36.2 Å². The number of nitrogens with one attached hydrogen (secondary N) is 1. The summed E-state index contributed by atoms with van der Waals surface area (Å²) in [4.78, 5) is 17.2. The van der Waals surface area contributed by atoms with Crippen LogP contribution in [0.25, 0.3) is 5.69 Å². The molecule has 0 saturated carbocycles. The zero-order valence-electron chi connectivity index (χ0n) is 16.8. The van der Waals surface area contributed by atoms with Crippen molar-refractivity contribution in [1.29, 1.82) is 0 Å². The number of amides is 1. The molecular formula is C25H23N3O2. The van der Waals surface area contributed by atoms with E-state index in [1.165, 1.54) is 0 Å². The summed E-state index contributed by atoms with van der Waals surface area (Å²) >= 11 is 0. The Balaban J connectivity index is 1.48. The highest BCUT2D eigenvalue weighted by molar-refractivity contribution is 5.96. The van der Waals surface area contributed by atoms with Gasteiger partial charge in [0.1, 0.15) is 18.2 Å². The Morgan fingerprint density at radius 3 is 2.50 bits per heavy atom. The summed E-state index contributed by atoms with van der Waals surface area (Å²) in [6.07, 6.45) is 3.69. The topological polar surface area (TPSA) is 56.2 Å². The fraction of sp³-hybridized carbons (Fsp3) is 0.120. The van der Waals surface area contributed by atoms with Crippen LogP contribution in [0.5, 0.6) is 5.75 Å². The minimum absolute atomic E-state index is 0.171. The fourth-order valence-corrected chi connectivity index (χ4v) is 3.31. The number of aromatic nitrogens is 2. The summed E-state index contributed by atoms with van der Waals surface area (Å²) in [5.74, 6) is 1.29. The fourth-order valence-electron chi connectivity index (χ4n) is 3.31. The van der Waals surface area contributed by atoms with Gasteiger partial charge in [-0.3, -0.25) is 4.79 Å². The minimum Gasteiger partial charge on any atom is -0.488 e. The molecule has 0 radical (unpaired) electrons. The van der Waals surface area contributed by atoms with Crippen LogP contribution in [0.15, 0.2) is 91.3 Å². The van der Waals surface area contributed by atoms with Crippen LogP contribution in [0, 0.1) is 6.92 Å². The Hall–Kier alpha value is -3.86. The van der Waals surface area contributed by atoms with E-state index in [0.717, 1.165) is 22.6 Å². The van der Waals surface area contributed by atoms with Crippen LogP contribution in [0.3, 0.4) is 0 Å². The van der Waals surface area contributed by atoms with Gasteiger partial charge in [0.15, 0.2) is 0 Å². The minimum atomic E-state index is -0.171. The van der Waals surface area contributed by atoms with Gasteiger partial charge in [-0.1, -0.05) is 60.7 Å². The molecule has 4 rings (SSSR count). The van der Waals surface area contributed by atoms with E-state index in [1.54, 1.807) is 12.3 Å². The highest BCUT2D eigenvalue weighted by Gasteiger charge is 2.13. The van der Waals surface area contributed by atoms with Gasteiger partial charge >= 0.3 is 0 Å². The lowest BCUT2D eigenvalue weighted by Crippen LogP contribution is -2.24. The highest BCUT2D eigenvalue weighted by Crippen LogP contribution is 2.20. The van der Waals surface area contributed by atoms with Crippen molar-refractivity contribution >= 4 is 5.91 Å². The van der Waals surface area contributed by atoms with Crippen LogP contribution in [-0.2, 0) is 13.2 Å². The first-order valence-electron chi connectivity index (χ1n) is 9.84. The van der Waals surface area contributed by atoms with E-state index in [4.69, 9.17) is 4.74 Å². The lowest BCUT2D eigenvalue weighted by molar-refractivity contribution is 0.0946. The molecule has 0 aliphatic carbocycles. The summed E-state index contributed by atoms with van der Waals surface area (Å²) in [7, 11) is 0. The second-order valence-electron chi connectivity index (χ2n) is 6.93. The summed E-state index contributed by atoms with van der Waals surface area (Å²) in [5.41, 5.74) is 3.58. The summed E-state index contributed by atoms with van der Waals surface area (Å²) in [6, 6.07) is 25.2. The lowest BCUT2D eigenvalue weighted by atomic mass is 10.1. The van der Waals surface area contributed by atoms with Crippen LogP contribution in [-0.4, -0.2) is 15.5 Å². The van der Waals surface area contributed by atoms with Crippen molar-refractivity contribution in [3.05, 3.63) is 114 Å². The van der Waals surface area contributed by atoms with Crippen molar-refractivity contribution in [2.45, 2.75) is 20.1 Å². The van der Waals surface area contributed by atoms with Crippen LogP contribution in [0.1, 0.15) is 27.3 Å². The lowest BCUT2D eigenvalue weighted by Gasteiger charge is -2.14. The molecule has 1 N–H and O–H groups in total. The van der Waals surface area contributed by atoms with Crippen molar-refractivity contribution < 1.29 is 9.53 Å². The second-order valence-corrected chi connectivity index (χ2v) is 6.93. The number of carbonyl (C=O) groups excluding carboxylic acids is 1. The molecule has 0 spiro atoms. The largest absolute Gasteiger partial charge is 0.488 e. The van der Waals surface area contributed by atoms with Gasteiger partial charge in [-0.15, -0.1) is 0 Å². The van der Waals surface area contributed by atoms with E-state index in [1.807, 2.05) is 90.5 Å². The molecule has 30 heavy (non-hydrogen) atoms. The second kappa shape index (κ2) is 9.09. The molecule has 0 unspecified atom stereocenters. The zero-order valence-corrected chi connectivity index (χ0v) is 16.8. The number of nitrogens with zero attached hydrogens (tertiary/aromatic N) is 2. The quantitative estimate of drug-likeness (QED) is 0.492. The van der Waals surface area contributed by atoms with Crippen LogP contribution in [0.4, 0.5) is 0 Å². The van der Waals surface area contributed by atoms with Gasteiger partial charge in [-0.2, -0.15) is 0 Å². The first-order valence-corrected chi connectivity index (χ1v) is 9.84. The SMILES string of the molecule is Cc1nccn1-c1ccccc1CNC(=O)c1ccccc1OCc1ccccc1. The van der Waals surface area contributed by atoms with Crippen molar-refractivity contribution in [3.63, 3.8) is 0 Å². The molecule has 150 valence electrons. The third kappa shape index (κ3) is 4.41. The third-order valence-corrected chi connectivity index (χ3v) is 4.89. The summed E-state index contributed by atoms with van der Waals surface area (Å²) in [6.45, 7) is 2.77.